The van der Waals surface area contributed by atoms with Crippen LogP contribution in [0, 0.1) is 12.8 Å². The molecule has 1 aromatic carbocycles. The van der Waals surface area contributed by atoms with Crippen molar-refractivity contribution < 1.29 is 24.6 Å². The number of nitrogens with zero attached hydrogens (tertiary/aromatic N) is 3. The average Bonchev–Trinajstić information content (AvgIpc) is 2.72. The number of likely N-dealkylation sites (N-methyl/N-ethyl adjacent to an activating group) is 1. The molecular formula is C23H37N3O5. The fourth-order valence-corrected chi connectivity index (χ4v) is 4.25. The number of likely N-dealkylation sites (tertiary alicyclic amines) is 1. The van der Waals surface area contributed by atoms with Gasteiger partial charge < -0.3 is 20.0 Å². The number of carboxylic acid groups (broad SMARTS) is 2. The number of hydrogen-bond donors (Lipinski definition) is 2. The summed E-state index contributed by atoms with van der Waals surface area (Å²) in [4.78, 5) is 36.4. The number of aryl methyl sites for hydroxylation is 1. The van der Waals surface area contributed by atoms with Crippen molar-refractivity contribution in [1.82, 2.24) is 14.7 Å². The van der Waals surface area contributed by atoms with Gasteiger partial charge in [0.2, 0.25) is 5.91 Å². The molecule has 2 saturated heterocycles. The summed E-state index contributed by atoms with van der Waals surface area (Å²) >= 11 is 0. The number of hydrogen-bond acceptors (Lipinski definition) is 5. The van der Waals surface area contributed by atoms with E-state index in [2.05, 4.69) is 53.8 Å². The topological polar surface area (TPSA) is 101 Å². The smallest absolute Gasteiger partial charge is 0.290 e. The van der Waals surface area contributed by atoms with E-state index in [1.807, 2.05) is 6.07 Å². The second-order valence-corrected chi connectivity index (χ2v) is 8.31. The Bertz CT molecular complexity index is 671. The molecule has 3 rings (SSSR count). The zero-order chi connectivity index (χ0) is 23.2. The van der Waals surface area contributed by atoms with Crippen molar-refractivity contribution in [3.8, 4) is 0 Å². The van der Waals surface area contributed by atoms with Gasteiger partial charge in [-0.05, 0) is 45.2 Å². The van der Waals surface area contributed by atoms with Gasteiger partial charge in [-0.3, -0.25) is 19.3 Å². The maximum absolute atomic E-state index is 12.6. The van der Waals surface area contributed by atoms with E-state index in [-0.39, 0.29) is 18.9 Å². The molecule has 1 atom stereocenters. The van der Waals surface area contributed by atoms with Crippen LogP contribution >= 0.6 is 0 Å². The van der Waals surface area contributed by atoms with Crippen molar-refractivity contribution in [2.45, 2.75) is 39.2 Å². The minimum atomic E-state index is -0.250. The number of carbonyl (C=O) groups is 3. The quantitative estimate of drug-likeness (QED) is 0.696. The second kappa shape index (κ2) is 14.5. The molecule has 8 heteroatoms. The van der Waals surface area contributed by atoms with Crippen LogP contribution in [0.1, 0.15) is 30.9 Å². The van der Waals surface area contributed by atoms with Gasteiger partial charge in [-0.25, -0.2) is 0 Å². The molecule has 0 radical (unpaired) electrons. The molecule has 31 heavy (non-hydrogen) atoms. The Morgan fingerprint density at radius 2 is 1.71 bits per heavy atom. The highest BCUT2D eigenvalue weighted by Crippen LogP contribution is 2.21. The predicted octanol–water partition coefficient (Wildman–Crippen LogP) is 1.81. The molecule has 8 nitrogen and oxygen atoms in total. The summed E-state index contributed by atoms with van der Waals surface area (Å²) in [5, 5.41) is 13.8. The molecule has 0 aliphatic carbocycles. The molecule has 2 aliphatic rings. The largest absolute Gasteiger partial charge is 0.483 e. The van der Waals surface area contributed by atoms with Gasteiger partial charge >= 0.3 is 0 Å². The first kappa shape index (κ1) is 26.6. The first-order valence-electron chi connectivity index (χ1n) is 10.8. The van der Waals surface area contributed by atoms with Crippen molar-refractivity contribution in [3.63, 3.8) is 0 Å². The lowest BCUT2D eigenvalue weighted by Crippen LogP contribution is -2.52. The Labute approximate surface area is 185 Å². The molecule has 1 amide bonds. The average molecular weight is 436 g/mol. The summed E-state index contributed by atoms with van der Waals surface area (Å²) in [5.41, 5.74) is 2.36. The molecule has 1 aromatic rings. The maximum Gasteiger partial charge on any atom is 0.290 e. The van der Waals surface area contributed by atoms with Crippen molar-refractivity contribution in [1.29, 1.82) is 0 Å². The van der Waals surface area contributed by atoms with E-state index >= 15 is 0 Å². The molecule has 2 aliphatic heterocycles. The Balaban J connectivity index is 0.000000720. The van der Waals surface area contributed by atoms with Gasteiger partial charge in [0.15, 0.2) is 0 Å². The van der Waals surface area contributed by atoms with Crippen LogP contribution in [0.4, 0.5) is 0 Å². The second-order valence-electron chi connectivity index (χ2n) is 8.31. The van der Waals surface area contributed by atoms with Gasteiger partial charge in [0.05, 0.1) is 6.42 Å². The lowest BCUT2D eigenvalue weighted by molar-refractivity contribution is -0.132. The van der Waals surface area contributed by atoms with Gasteiger partial charge in [0.1, 0.15) is 0 Å². The van der Waals surface area contributed by atoms with E-state index in [4.69, 9.17) is 19.8 Å². The number of rotatable bonds is 4. The molecular weight excluding hydrogens is 398 g/mol. The zero-order valence-corrected chi connectivity index (χ0v) is 18.9. The Morgan fingerprint density at radius 1 is 1.10 bits per heavy atom. The Hall–Kier alpha value is -2.45. The summed E-state index contributed by atoms with van der Waals surface area (Å²) in [5.74, 6) is 1.03. The number of piperazine rings is 1. The number of amides is 1. The summed E-state index contributed by atoms with van der Waals surface area (Å²) in [6.45, 7) is 10.5. The van der Waals surface area contributed by atoms with Crippen molar-refractivity contribution in [2.75, 3.05) is 46.3 Å². The van der Waals surface area contributed by atoms with Gasteiger partial charge in [0, 0.05) is 45.3 Å². The lowest BCUT2D eigenvalue weighted by atomic mass is 9.94. The van der Waals surface area contributed by atoms with Crippen molar-refractivity contribution in [3.05, 3.63) is 35.4 Å². The normalized spacial score (nSPS) is 20.0. The fourth-order valence-electron chi connectivity index (χ4n) is 4.25. The number of benzene rings is 1. The highest BCUT2D eigenvalue weighted by molar-refractivity contribution is 5.78. The molecule has 1 unspecified atom stereocenters. The van der Waals surface area contributed by atoms with E-state index in [0.717, 1.165) is 37.4 Å². The van der Waals surface area contributed by atoms with Crippen LogP contribution in [-0.2, 0) is 20.8 Å². The fraction of sp³-hybridized carbons (Fsp3) is 0.609. The van der Waals surface area contributed by atoms with Gasteiger partial charge in [-0.2, -0.15) is 0 Å². The standard InChI is InChI=1S/C21H33N3O.2CH2O2/c1-17-5-4-6-20(13-17)14-21(25)23-9-7-19(8-10-23)16-24-12-11-22(3)15-18(24)2;2*2-1-3/h4-6,13,18-19H,7-12,14-16H2,1-3H3;2*1H,(H,2,3). The monoisotopic (exact) mass is 435 g/mol. The minimum Gasteiger partial charge on any atom is -0.483 e. The molecule has 0 bridgehead atoms. The summed E-state index contributed by atoms with van der Waals surface area (Å²) < 4.78 is 0. The Kier molecular flexibility index (Phi) is 12.5. The van der Waals surface area contributed by atoms with Crippen LogP contribution in [0.5, 0.6) is 0 Å². The van der Waals surface area contributed by atoms with E-state index in [1.165, 1.54) is 31.7 Å². The van der Waals surface area contributed by atoms with Gasteiger partial charge in [0.25, 0.3) is 12.9 Å². The van der Waals surface area contributed by atoms with Crippen LogP contribution in [0.25, 0.3) is 0 Å². The zero-order valence-electron chi connectivity index (χ0n) is 18.9. The third-order valence-corrected chi connectivity index (χ3v) is 5.87. The molecule has 0 aromatic heterocycles. The van der Waals surface area contributed by atoms with Crippen LogP contribution in [-0.4, -0.2) is 96.1 Å². The third-order valence-electron chi connectivity index (χ3n) is 5.87. The highest BCUT2D eigenvalue weighted by Gasteiger charge is 2.27. The van der Waals surface area contributed by atoms with Crippen LogP contribution in [0.15, 0.2) is 24.3 Å². The van der Waals surface area contributed by atoms with Crippen LogP contribution in [0.3, 0.4) is 0 Å². The molecule has 174 valence electrons. The van der Waals surface area contributed by atoms with E-state index < -0.39 is 0 Å². The van der Waals surface area contributed by atoms with Gasteiger partial charge in [-0.15, -0.1) is 0 Å². The van der Waals surface area contributed by atoms with Crippen LogP contribution in [0.2, 0.25) is 0 Å². The first-order chi connectivity index (χ1) is 14.8. The lowest BCUT2D eigenvalue weighted by Gasteiger charge is -2.41. The molecule has 0 saturated carbocycles. The summed E-state index contributed by atoms with van der Waals surface area (Å²) in [7, 11) is 2.21. The predicted molar refractivity (Wildman–Crippen MR) is 120 cm³/mol. The van der Waals surface area contributed by atoms with E-state index in [1.54, 1.807) is 0 Å². The maximum atomic E-state index is 12.6. The molecule has 2 N–H and O–H groups in total. The SMILES string of the molecule is Cc1cccc(CC(=O)N2CCC(CN3CCN(C)CC3C)CC2)c1.O=CO.O=CO. The number of carbonyl (C=O) groups excluding carboxylic acids is 1. The van der Waals surface area contributed by atoms with Crippen molar-refractivity contribution in [2.24, 2.45) is 5.92 Å². The molecule has 2 heterocycles. The highest BCUT2D eigenvalue weighted by atomic mass is 16.3. The first-order valence-corrected chi connectivity index (χ1v) is 10.8. The van der Waals surface area contributed by atoms with Crippen LogP contribution < -0.4 is 0 Å². The Morgan fingerprint density at radius 3 is 2.26 bits per heavy atom. The summed E-state index contributed by atoms with van der Waals surface area (Å²) in [6, 6.07) is 8.96. The van der Waals surface area contributed by atoms with E-state index in [0.29, 0.717) is 12.5 Å². The molecule has 2 fully saturated rings. The number of piperidine rings is 1. The third kappa shape index (κ3) is 9.93. The summed E-state index contributed by atoms with van der Waals surface area (Å²) in [6.07, 6.45) is 2.85. The molecule has 0 spiro atoms. The van der Waals surface area contributed by atoms with Crippen molar-refractivity contribution >= 4 is 18.9 Å². The van der Waals surface area contributed by atoms with Gasteiger partial charge in [-0.1, -0.05) is 29.8 Å². The van der Waals surface area contributed by atoms with E-state index in [9.17, 15) is 4.79 Å². The minimum absolute atomic E-state index is 0.250.